The summed E-state index contributed by atoms with van der Waals surface area (Å²) in [5, 5.41) is 9.77. The van der Waals surface area contributed by atoms with Crippen LogP contribution in [0.4, 0.5) is 17.1 Å². The molecule has 0 unspecified atom stereocenters. The van der Waals surface area contributed by atoms with Gasteiger partial charge in [0.15, 0.2) is 5.58 Å². The van der Waals surface area contributed by atoms with Crippen LogP contribution in [0.3, 0.4) is 0 Å². The summed E-state index contributed by atoms with van der Waals surface area (Å²) < 4.78 is 9.03. The topological polar surface area (TPSA) is 21.3 Å². The lowest BCUT2D eigenvalue weighted by atomic mass is 9.78. The molecule has 9 aromatic carbocycles. The number of rotatable bonds is 4. The number of hydrogen-bond acceptors (Lipinski definition) is 2. The molecule has 3 nitrogen and oxygen atoms in total. The molecule has 0 spiro atoms. The summed E-state index contributed by atoms with van der Waals surface area (Å²) in [6.07, 6.45) is 0. The maximum absolute atomic E-state index is 6.62. The smallest absolute Gasteiger partial charge is 0.159 e. The van der Waals surface area contributed by atoms with Crippen molar-refractivity contribution in [2.24, 2.45) is 0 Å². The first kappa shape index (κ1) is 30.4. The molecule has 0 atom stereocenters. The van der Waals surface area contributed by atoms with E-state index in [0.717, 1.165) is 33.3 Å². The van der Waals surface area contributed by atoms with Crippen molar-refractivity contribution in [1.29, 1.82) is 0 Å². The van der Waals surface area contributed by atoms with Crippen molar-refractivity contribution in [2.75, 3.05) is 4.90 Å². The number of nitrogens with zero attached hydrogens (tertiary/aromatic N) is 2. The van der Waals surface area contributed by atoms with Gasteiger partial charge in [0.1, 0.15) is 5.58 Å². The van der Waals surface area contributed by atoms with E-state index in [1.807, 2.05) is 6.07 Å². The van der Waals surface area contributed by atoms with Gasteiger partial charge in [0, 0.05) is 32.9 Å². The number of benzene rings is 9. The van der Waals surface area contributed by atoms with E-state index in [9.17, 15) is 0 Å². The van der Waals surface area contributed by atoms with Gasteiger partial charge in [-0.05, 0) is 142 Å². The minimum atomic E-state index is 0.893. The second kappa shape index (κ2) is 11.2. The zero-order valence-corrected chi connectivity index (χ0v) is 30.5. The van der Waals surface area contributed by atoms with Crippen molar-refractivity contribution >= 4 is 82.4 Å². The minimum Gasteiger partial charge on any atom is -0.454 e. The molecule has 0 radical (unpaired) electrons. The van der Waals surface area contributed by atoms with E-state index < -0.39 is 0 Å². The number of fused-ring (bicyclic) bond motifs is 12. The maximum Gasteiger partial charge on any atom is 0.159 e. The van der Waals surface area contributed by atoms with Crippen molar-refractivity contribution in [3.63, 3.8) is 0 Å². The molecule has 3 heteroatoms. The van der Waals surface area contributed by atoms with E-state index >= 15 is 0 Å². The highest BCUT2D eigenvalue weighted by molar-refractivity contribution is 6.14. The molecule has 0 saturated carbocycles. The van der Waals surface area contributed by atoms with E-state index in [1.165, 1.54) is 88.1 Å². The Morgan fingerprint density at radius 1 is 0.436 bits per heavy atom. The third-order valence-electron chi connectivity index (χ3n) is 11.9. The monoisotopic (exact) mass is 702 g/mol. The molecule has 2 aromatic heterocycles. The van der Waals surface area contributed by atoms with Gasteiger partial charge in [-0.2, -0.15) is 0 Å². The normalized spacial score (nSPS) is 12.2. The Labute approximate surface area is 317 Å². The molecule has 0 N–H and O–H groups in total. The first-order valence-corrected chi connectivity index (χ1v) is 19.0. The van der Waals surface area contributed by atoms with Gasteiger partial charge in [0.05, 0.1) is 22.4 Å². The minimum absolute atomic E-state index is 0.893. The lowest BCUT2D eigenvalue weighted by Gasteiger charge is -2.29. The highest BCUT2D eigenvalue weighted by Gasteiger charge is 2.26. The lowest BCUT2D eigenvalue weighted by molar-refractivity contribution is 0.669. The summed E-state index contributed by atoms with van der Waals surface area (Å²) in [5.41, 5.74) is 16.4. The highest BCUT2D eigenvalue weighted by atomic mass is 16.3. The molecule has 258 valence electrons. The van der Waals surface area contributed by atoms with Crippen molar-refractivity contribution in [1.82, 2.24) is 4.57 Å². The number of aromatic nitrogens is 1. The summed E-state index contributed by atoms with van der Waals surface area (Å²) in [5.74, 6) is 0. The van der Waals surface area contributed by atoms with E-state index in [1.54, 1.807) is 0 Å². The molecule has 0 fully saturated rings. The van der Waals surface area contributed by atoms with Gasteiger partial charge in [0.2, 0.25) is 0 Å². The van der Waals surface area contributed by atoms with E-state index in [0.29, 0.717) is 0 Å². The summed E-state index contributed by atoms with van der Waals surface area (Å²) >= 11 is 0. The molecule has 0 aliphatic heterocycles. The number of anilines is 3. The second-order valence-corrected chi connectivity index (χ2v) is 15.1. The highest BCUT2D eigenvalue weighted by Crippen LogP contribution is 2.52. The Balaban J connectivity index is 1.01. The van der Waals surface area contributed by atoms with Gasteiger partial charge in [-0.15, -0.1) is 0 Å². The van der Waals surface area contributed by atoms with Gasteiger partial charge >= 0.3 is 0 Å². The average Bonchev–Trinajstić information content (AvgIpc) is 3.77. The molecule has 0 bridgehead atoms. The number of aryl methyl sites for hydroxylation is 2. The predicted octanol–water partition coefficient (Wildman–Crippen LogP) is 14.7. The SMILES string of the molecule is Cc1cccc(C)c1N(c1ccc2cc3c(cc2c1)-c1cc2cc(-n4c5ccccc5c5ccccc54)ccc2cc1-3)c1cccc2c1oc1ccccc12. The number of para-hydroxylation sites is 5. The number of hydrogen-bond donors (Lipinski definition) is 0. The molecule has 11 aromatic rings. The fourth-order valence-electron chi connectivity index (χ4n) is 9.33. The van der Waals surface area contributed by atoms with Gasteiger partial charge in [-0.1, -0.05) is 97.1 Å². The van der Waals surface area contributed by atoms with Gasteiger partial charge in [-0.25, -0.2) is 0 Å². The van der Waals surface area contributed by atoms with Crippen LogP contribution in [0.15, 0.2) is 174 Å². The van der Waals surface area contributed by atoms with Crippen LogP contribution in [0.25, 0.3) is 93.2 Å². The zero-order chi connectivity index (χ0) is 36.4. The molecule has 0 amide bonds. The number of furan rings is 1. The third kappa shape index (κ3) is 4.32. The van der Waals surface area contributed by atoms with Gasteiger partial charge in [0.25, 0.3) is 0 Å². The Morgan fingerprint density at radius 3 is 1.67 bits per heavy atom. The quantitative estimate of drug-likeness (QED) is 0.182. The van der Waals surface area contributed by atoms with Crippen LogP contribution in [-0.2, 0) is 0 Å². The lowest BCUT2D eigenvalue weighted by Crippen LogP contribution is -2.13. The van der Waals surface area contributed by atoms with Crippen LogP contribution in [0.2, 0.25) is 0 Å². The molecule has 1 aliphatic carbocycles. The molecular weight excluding hydrogens is 669 g/mol. The van der Waals surface area contributed by atoms with Crippen molar-refractivity contribution in [2.45, 2.75) is 13.8 Å². The van der Waals surface area contributed by atoms with Gasteiger partial charge < -0.3 is 13.9 Å². The largest absolute Gasteiger partial charge is 0.454 e. The van der Waals surface area contributed by atoms with Crippen LogP contribution in [0.1, 0.15) is 11.1 Å². The standard InChI is InChI=1S/C52H34N2O/c1-31-11-9-12-32(2)51(31)54(49-19-10-16-42-41-15-5-8-20-50(41)55-52(42)49)38-24-22-34-28-44-43-27-33-21-23-37(25-35(33)29-45(43)46(44)30-36(34)26-38)53-47-17-6-3-13-39(47)40-14-4-7-18-48(40)53/h3-30H,1-2H3. The fraction of sp³-hybridized carbons (Fsp3) is 0.0385. The fourth-order valence-corrected chi connectivity index (χ4v) is 9.33. The van der Waals surface area contributed by atoms with Crippen LogP contribution in [0.5, 0.6) is 0 Å². The van der Waals surface area contributed by atoms with Crippen LogP contribution in [-0.4, -0.2) is 4.57 Å². The second-order valence-electron chi connectivity index (χ2n) is 15.1. The average molecular weight is 703 g/mol. The predicted molar refractivity (Wildman–Crippen MR) is 232 cm³/mol. The first-order chi connectivity index (χ1) is 27.1. The van der Waals surface area contributed by atoms with Crippen molar-refractivity contribution in [3.8, 4) is 27.9 Å². The van der Waals surface area contributed by atoms with Gasteiger partial charge in [-0.3, -0.25) is 0 Å². The molecule has 55 heavy (non-hydrogen) atoms. The molecule has 2 heterocycles. The van der Waals surface area contributed by atoms with E-state index in [2.05, 4.69) is 187 Å². The molecule has 0 saturated heterocycles. The molecular formula is C52H34N2O. The molecule has 12 rings (SSSR count). The summed E-state index contributed by atoms with van der Waals surface area (Å²) in [4.78, 5) is 2.39. The molecule has 1 aliphatic rings. The van der Waals surface area contributed by atoms with E-state index in [-0.39, 0.29) is 0 Å². The Morgan fingerprint density at radius 2 is 0.982 bits per heavy atom. The first-order valence-electron chi connectivity index (χ1n) is 19.0. The summed E-state index contributed by atoms with van der Waals surface area (Å²) in [7, 11) is 0. The Bertz CT molecular complexity index is 3340. The van der Waals surface area contributed by atoms with E-state index in [4.69, 9.17) is 4.42 Å². The Kier molecular flexibility index (Phi) is 6.19. The maximum atomic E-state index is 6.62. The van der Waals surface area contributed by atoms with Crippen molar-refractivity contribution < 1.29 is 4.42 Å². The Hall–Kier alpha value is -7.10. The summed E-state index contributed by atoms with van der Waals surface area (Å²) in [6, 6.07) is 62.1. The zero-order valence-electron chi connectivity index (χ0n) is 30.5. The third-order valence-corrected chi connectivity index (χ3v) is 11.9. The van der Waals surface area contributed by atoms with Crippen LogP contribution in [0, 0.1) is 13.8 Å². The summed E-state index contributed by atoms with van der Waals surface area (Å²) in [6.45, 7) is 4.40. The van der Waals surface area contributed by atoms with Crippen LogP contribution >= 0.6 is 0 Å². The van der Waals surface area contributed by atoms with Crippen molar-refractivity contribution in [3.05, 3.63) is 181 Å². The van der Waals surface area contributed by atoms with Crippen LogP contribution < -0.4 is 4.90 Å².